The van der Waals surface area contributed by atoms with E-state index in [-0.39, 0.29) is 0 Å². The Bertz CT molecular complexity index is 513. The first-order chi connectivity index (χ1) is 9.29. The highest BCUT2D eigenvalue weighted by atomic mass is 79.9. The third-order valence-corrected chi connectivity index (χ3v) is 3.35. The van der Waals surface area contributed by atoms with Gasteiger partial charge < -0.3 is 10.1 Å². The number of para-hydroxylation sites is 1. The SMILES string of the molecule is CCCOc1ccc(CNc2ccccc2)cc1Br. The van der Waals surface area contributed by atoms with Crippen molar-refractivity contribution >= 4 is 21.6 Å². The molecule has 0 aliphatic rings. The summed E-state index contributed by atoms with van der Waals surface area (Å²) >= 11 is 3.55. The second-order valence-electron chi connectivity index (χ2n) is 4.33. The molecule has 0 aromatic heterocycles. The highest BCUT2D eigenvalue weighted by molar-refractivity contribution is 9.10. The number of benzene rings is 2. The van der Waals surface area contributed by atoms with E-state index >= 15 is 0 Å². The predicted molar refractivity (Wildman–Crippen MR) is 83.7 cm³/mol. The first-order valence-electron chi connectivity index (χ1n) is 6.49. The van der Waals surface area contributed by atoms with Gasteiger partial charge in [0.05, 0.1) is 11.1 Å². The molecule has 2 nitrogen and oxygen atoms in total. The van der Waals surface area contributed by atoms with Crippen LogP contribution in [-0.4, -0.2) is 6.61 Å². The van der Waals surface area contributed by atoms with Gasteiger partial charge in [-0.05, 0) is 52.2 Å². The second kappa shape index (κ2) is 7.19. The molecule has 0 fully saturated rings. The van der Waals surface area contributed by atoms with Gasteiger partial charge in [0.2, 0.25) is 0 Å². The Hall–Kier alpha value is -1.48. The summed E-state index contributed by atoms with van der Waals surface area (Å²) in [5, 5.41) is 3.39. The van der Waals surface area contributed by atoms with E-state index in [9.17, 15) is 0 Å². The fourth-order valence-electron chi connectivity index (χ4n) is 1.74. The van der Waals surface area contributed by atoms with Crippen molar-refractivity contribution in [2.45, 2.75) is 19.9 Å². The van der Waals surface area contributed by atoms with E-state index in [0.29, 0.717) is 0 Å². The highest BCUT2D eigenvalue weighted by Crippen LogP contribution is 2.26. The van der Waals surface area contributed by atoms with Crippen LogP contribution < -0.4 is 10.1 Å². The van der Waals surface area contributed by atoms with E-state index in [4.69, 9.17) is 4.74 Å². The molecule has 0 amide bonds. The highest BCUT2D eigenvalue weighted by Gasteiger charge is 2.02. The minimum Gasteiger partial charge on any atom is -0.492 e. The van der Waals surface area contributed by atoms with Gasteiger partial charge in [-0.1, -0.05) is 31.2 Å². The van der Waals surface area contributed by atoms with Crippen LogP contribution in [0.3, 0.4) is 0 Å². The van der Waals surface area contributed by atoms with Gasteiger partial charge in [0.15, 0.2) is 0 Å². The molecule has 3 heteroatoms. The molecule has 0 saturated carbocycles. The normalized spacial score (nSPS) is 10.2. The minimum absolute atomic E-state index is 0.750. The van der Waals surface area contributed by atoms with Crippen LogP contribution in [0.15, 0.2) is 53.0 Å². The fraction of sp³-hybridized carbons (Fsp3) is 0.250. The zero-order valence-electron chi connectivity index (χ0n) is 11.0. The predicted octanol–water partition coefficient (Wildman–Crippen LogP) is 4.85. The van der Waals surface area contributed by atoms with Gasteiger partial charge in [-0.2, -0.15) is 0 Å². The number of hydrogen-bond donors (Lipinski definition) is 1. The fourth-order valence-corrected chi connectivity index (χ4v) is 2.28. The first kappa shape index (κ1) is 13.9. The Kier molecular flexibility index (Phi) is 5.28. The number of nitrogens with one attached hydrogen (secondary N) is 1. The first-order valence-corrected chi connectivity index (χ1v) is 7.29. The summed E-state index contributed by atoms with van der Waals surface area (Å²) in [6, 6.07) is 16.4. The molecule has 100 valence electrons. The van der Waals surface area contributed by atoms with Gasteiger partial charge in [-0.25, -0.2) is 0 Å². The van der Waals surface area contributed by atoms with Crippen LogP contribution in [0.1, 0.15) is 18.9 Å². The Labute approximate surface area is 122 Å². The second-order valence-corrected chi connectivity index (χ2v) is 5.19. The van der Waals surface area contributed by atoms with Gasteiger partial charge in [0.1, 0.15) is 5.75 Å². The Morgan fingerprint density at radius 1 is 1.11 bits per heavy atom. The maximum Gasteiger partial charge on any atom is 0.133 e. The zero-order chi connectivity index (χ0) is 13.5. The maximum atomic E-state index is 5.64. The number of halogens is 1. The molecule has 2 aromatic carbocycles. The van der Waals surface area contributed by atoms with Gasteiger partial charge in [-0.15, -0.1) is 0 Å². The van der Waals surface area contributed by atoms with Crippen molar-refractivity contribution < 1.29 is 4.74 Å². The van der Waals surface area contributed by atoms with Crippen LogP contribution in [0.5, 0.6) is 5.75 Å². The molecule has 0 saturated heterocycles. The molecular weight excluding hydrogens is 302 g/mol. The molecule has 19 heavy (non-hydrogen) atoms. The standard InChI is InChI=1S/C16H18BrNO/c1-2-10-19-16-9-8-13(11-15(16)17)12-18-14-6-4-3-5-7-14/h3-9,11,18H,2,10,12H2,1H3. The molecule has 0 atom stereocenters. The molecule has 0 aliphatic carbocycles. The van der Waals surface area contributed by atoms with Crippen molar-refractivity contribution in [2.24, 2.45) is 0 Å². The molecule has 2 rings (SSSR count). The summed E-state index contributed by atoms with van der Waals surface area (Å²) in [7, 11) is 0. The summed E-state index contributed by atoms with van der Waals surface area (Å²) in [5.74, 6) is 0.908. The lowest BCUT2D eigenvalue weighted by Gasteiger charge is -2.10. The van der Waals surface area contributed by atoms with Crippen LogP contribution in [0.2, 0.25) is 0 Å². The lowest BCUT2D eigenvalue weighted by atomic mass is 10.2. The van der Waals surface area contributed by atoms with Gasteiger partial charge in [0.25, 0.3) is 0 Å². The smallest absolute Gasteiger partial charge is 0.133 e. The zero-order valence-corrected chi connectivity index (χ0v) is 12.6. The molecular formula is C16H18BrNO. The minimum atomic E-state index is 0.750. The van der Waals surface area contributed by atoms with Crippen LogP contribution in [-0.2, 0) is 6.54 Å². The summed E-state index contributed by atoms with van der Waals surface area (Å²) in [6.45, 7) is 3.66. The van der Waals surface area contributed by atoms with Crippen molar-refractivity contribution in [2.75, 3.05) is 11.9 Å². The molecule has 0 aliphatic heterocycles. The molecule has 0 bridgehead atoms. The summed E-state index contributed by atoms with van der Waals surface area (Å²) < 4.78 is 6.64. The third-order valence-electron chi connectivity index (χ3n) is 2.73. The van der Waals surface area contributed by atoms with E-state index in [0.717, 1.165) is 35.5 Å². The summed E-state index contributed by atoms with van der Waals surface area (Å²) in [4.78, 5) is 0. The van der Waals surface area contributed by atoms with Gasteiger partial charge >= 0.3 is 0 Å². The number of rotatable bonds is 6. The van der Waals surface area contributed by atoms with E-state index in [1.165, 1.54) is 5.56 Å². The van der Waals surface area contributed by atoms with Crippen LogP contribution in [0.4, 0.5) is 5.69 Å². The van der Waals surface area contributed by atoms with E-state index < -0.39 is 0 Å². The lowest BCUT2D eigenvalue weighted by molar-refractivity contribution is 0.315. The van der Waals surface area contributed by atoms with Crippen molar-refractivity contribution in [3.05, 3.63) is 58.6 Å². The lowest BCUT2D eigenvalue weighted by Crippen LogP contribution is -2.00. The average Bonchev–Trinajstić information content (AvgIpc) is 2.45. The quantitative estimate of drug-likeness (QED) is 0.821. The van der Waals surface area contributed by atoms with Crippen molar-refractivity contribution in [3.63, 3.8) is 0 Å². The average molecular weight is 320 g/mol. The maximum absolute atomic E-state index is 5.64. The van der Waals surface area contributed by atoms with Crippen molar-refractivity contribution in [1.82, 2.24) is 0 Å². The van der Waals surface area contributed by atoms with Gasteiger partial charge in [-0.3, -0.25) is 0 Å². The number of ether oxygens (including phenoxy) is 1. The summed E-state index contributed by atoms with van der Waals surface area (Å²) in [6.07, 6.45) is 1.02. The molecule has 0 heterocycles. The number of anilines is 1. The number of hydrogen-bond acceptors (Lipinski definition) is 2. The van der Waals surface area contributed by atoms with Crippen LogP contribution in [0, 0.1) is 0 Å². The van der Waals surface area contributed by atoms with Gasteiger partial charge in [0, 0.05) is 12.2 Å². The monoisotopic (exact) mass is 319 g/mol. The van der Waals surface area contributed by atoms with Crippen LogP contribution in [0.25, 0.3) is 0 Å². The Balaban J connectivity index is 1.96. The van der Waals surface area contributed by atoms with E-state index in [2.05, 4.69) is 52.4 Å². The molecule has 0 radical (unpaired) electrons. The molecule has 1 N–H and O–H groups in total. The Morgan fingerprint density at radius 3 is 2.58 bits per heavy atom. The van der Waals surface area contributed by atoms with Crippen LogP contribution >= 0.6 is 15.9 Å². The molecule has 0 unspecified atom stereocenters. The topological polar surface area (TPSA) is 21.3 Å². The van der Waals surface area contributed by atoms with Crippen molar-refractivity contribution in [1.29, 1.82) is 0 Å². The largest absolute Gasteiger partial charge is 0.492 e. The van der Waals surface area contributed by atoms with E-state index in [1.54, 1.807) is 0 Å². The Morgan fingerprint density at radius 2 is 1.89 bits per heavy atom. The molecule has 2 aromatic rings. The third kappa shape index (κ3) is 4.28. The summed E-state index contributed by atoms with van der Waals surface area (Å²) in [5.41, 5.74) is 2.35. The molecule has 0 spiro atoms. The van der Waals surface area contributed by atoms with Crippen molar-refractivity contribution in [3.8, 4) is 5.75 Å². The van der Waals surface area contributed by atoms with E-state index in [1.807, 2.05) is 24.3 Å².